The third-order valence-corrected chi connectivity index (χ3v) is 2.58. The van der Waals surface area contributed by atoms with Crippen LogP contribution in [0.2, 0.25) is 0 Å². The van der Waals surface area contributed by atoms with Gasteiger partial charge in [0, 0.05) is 12.1 Å². The van der Waals surface area contributed by atoms with Crippen molar-refractivity contribution in [1.29, 1.82) is 0 Å². The summed E-state index contributed by atoms with van der Waals surface area (Å²) in [5, 5.41) is 12.6. The fourth-order valence-electron chi connectivity index (χ4n) is 1.88. The monoisotopic (exact) mass is 225 g/mol. The number of hydrogen-bond donors (Lipinski definition) is 2. The van der Waals surface area contributed by atoms with Gasteiger partial charge in [-0.15, -0.1) is 0 Å². The Morgan fingerprint density at radius 3 is 2.56 bits per heavy atom. The van der Waals surface area contributed by atoms with E-state index in [0.29, 0.717) is 6.42 Å². The topological polar surface area (TPSA) is 32.3 Å². The van der Waals surface area contributed by atoms with Crippen LogP contribution in [-0.2, 0) is 0 Å². The highest BCUT2D eigenvalue weighted by Gasteiger charge is 2.11. The van der Waals surface area contributed by atoms with Gasteiger partial charge in [0.2, 0.25) is 0 Å². The van der Waals surface area contributed by atoms with Gasteiger partial charge in [-0.25, -0.2) is 4.39 Å². The van der Waals surface area contributed by atoms with Crippen LogP contribution in [-0.4, -0.2) is 17.3 Å². The lowest BCUT2D eigenvalue weighted by Crippen LogP contribution is -2.31. The first-order valence-electron chi connectivity index (χ1n) is 5.68. The van der Waals surface area contributed by atoms with Gasteiger partial charge in [-0.05, 0) is 44.9 Å². The van der Waals surface area contributed by atoms with Crippen LogP contribution >= 0.6 is 0 Å². The summed E-state index contributed by atoms with van der Waals surface area (Å²) in [6, 6.07) is 6.88. The predicted molar refractivity (Wildman–Crippen MR) is 63.7 cm³/mol. The van der Waals surface area contributed by atoms with Crippen molar-refractivity contribution in [3.05, 3.63) is 35.6 Å². The molecule has 0 aliphatic rings. The predicted octanol–water partition coefficient (Wildman–Crippen LogP) is 2.64. The second kappa shape index (κ2) is 5.97. The van der Waals surface area contributed by atoms with Crippen molar-refractivity contribution in [2.45, 2.75) is 45.4 Å². The lowest BCUT2D eigenvalue weighted by atomic mass is 10.1. The van der Waals surface area contributed by atoms with E-state index in [1.165, 1.54) is 12.1 Å². The first-order chi connectivity index (χ1) is 7.49. The fourth-order valence-corrected chi connectivity index (χ4v) is 1.88. The molecule has 90 valence electrons. The van der Waals surface area contributed by atoms with Gasteiger partial charge in [0.05, 0.1) is 6.10 Å². The van der Waals surface area contributed by atoms with E-state index >= 15 is 0 Å². The highest BCUT2D eigenvalue weighted by atomic mass is 19.1. The quantitative estimate of drug-likeness (QED) is 0.807. The molecule has 3 atom stereocenters. The Kier molecular flexibility index (Phi) is 4.90. The lowest BCUT2D eigenvalue weighted by molar-refractivity contribution is 0.168. The SMILES string of the molecule is CC(O)CC(C)NC(C)c1cccc(F)c1. The highest BCUT2D eigenvalue weighted by Crippen LogP contribution is 2.15. The number of aliphatic hydroxyl groups is 1. The molecule has 1 aromatic carbocycles. The number of hydrogen-bond acceptors (Lipinski definition) is 2. The van der Waals surface area contributed by atoms with E-state index in [0.717, 1.165) is 5.56 Å². The van der Waals surface area contributed by atoms with Crippen LogP contribution < -0.4 is 5.32 Å². The van der Waals surface area contributed by atoms with E-state index in [4.69, 9.17) is 0 Å². The number of rotatable bonds is 5. The van der Waals surface area contributed by atoms with Crippen LogP contribution in [0.25, 0.3) is 0 Å². The standard InChI is InChI=1S/C13H20FNO/c1-9(7-10(2)16)15-11(3)12-5-4-6-13(14)8-12/h4-6,8-11,15-16H,7H2,1-3H3. The second-order valence-electron chi connectivity index (χ2n) is 4.43. The summed E-state index contributed by atoms with van der Waals surface area (Å²) in [5.74, 6) is -0.214. The first-order valence-corrected chi connectivity index (χ1v) is 5.68. The minimum absolute atomic E-state index is 0.0875. The Balaban J connectivity index is 2.55. The van der Waals surface area contributed by atoms with E-state index in [9.17, 15) is 9.50 Å². The largest absolute Gasteiger partial charge is 0.393 e. The zero-order valence-corrected chi connectivity index (χ0v) is 10.1. The molecule has 0 aliphatic carbocycles. The molecule has 16 heavy (non-hydrogen) atoms. The van der Waals surface area contributed by atoms with Crippen molar-refractivity contribution in [1.82, 2.24) is 5.32 Å². The maximum atomic E-state index is 13.0. The smallest absolute Gasteiger partial charge is 0.123 e. The van der Waals surface area contributed by atoms with Crippen molar-refractivity contribution in [3.8, 4) is 0 Å². The van der Waals surface area contributed by atoms with E-state index in [2.05, 4.69) is 5.32 Å². The Bertz CT molecular complexity index is 327. The van der Waals surface area contributed by atoms with Crippen molar-refractivity contribution < 1.29 is 9.50 Å². The van der Waals surface area contributed by atoms with Crippen LogP contribution in [0.4, 0.5) is 4.39 Å². The summed E-state index contributed by atoms with van der Waals surface area (Å²) in [5.41, 5.74) is 0.928. The molecule has 3 heteroatoms. The summed E-state index contributed by atoms with van der Waals surface area (Å²) in [7, 11) is 0. The van der Waals surface area contributed by atoms with Gasteiger partial charge < -0.3 is 10.4 Å². The maximum absolute atomic E-state index is 13.0. The van der Waals surface area contributed by atoms with Crippen LogP contribution in [0.15, 0.2) is 24.3 Å². The summed E-state index contributed by atoms with van der Waals surface area (Å²) < 4.78 is 13.0. The van der Waals surface area contributed by atoms with Crippen LogP contribution in [0, 0.1) is 5.82 Å². The van der Waals surface area contributed by atoms with Crippen molar-refractivity contribution in [3.63, 3.8) is 0 Å². The third kappa shape index (κ3) is 4.29. The van der Waals surface area contributed by atoms with Gasteiger partial charge in [0.25, 0.3) is 0 Å². The highest BCUT2D eigenvalue weighted by molar-refractivity contribution is 5.19. The summed E-state index contributed by atoms with van der Waals surface area (Å²) in [6.07, 6.45) is 0.377. The number of halogens is 1. The number of aliphatic hydroxyl groups excluding tert-OH is 1. The van der Waals surface area contributed by atoms with Crippen LogP contribution in [0.1, 0.15) is 38.8 Å². The van der Waals surface area contributed by atoms with Gasteiger partial charge in [-0.1, -0.05) is 12.1 Å². The molecule has 0 bridgehead atoms. The molecule has 1 aromatic rings. The molecule has 0 radical (unpaired) electrons. The van der Waals surface area contributed by atoms with Gasteiger partial charge in [-0.2, -0.15) is 0 Å². The van der Waals surface area contributed by atoms with Crippen LogP contribution in [0.5, 0.6) is 0 Å². The van der Waals surface area contributed by atoms with Crippen molar-refractivity contribution in [2.24, 2.45) is 0 Å². The van der Waals surface area contributed by atoms with Gasteiger partial charge in [-0.3, -0.25) is 0 Å². The van der Waals surface area contributed by atoms with Gasteiger partial charge in [0.15, 0.2) is 0 Å². The molecule has 0 amide bonds. The minimum Gasteiger partial charge on any atom is -0.393 e. The Morgan fingerprint density at radius 1 is 1.31 bits per heavy atom. The number of nitrogens with one attached hydrogen (secondary N) is 1. The lowest BCUT2D eigenvalue weighted by Gasteiger charge is -2.21. The summed E-state index contributed by atoms with van der Waals surface area (Å²) in [4.78, 5) is 0. The molecule has 0 aliphatic heterocycles. The van der Waals surface area contributed by atoms with E-state index in [-0.39, 0.29) is 24.0 Å². The average Bonchev–Trinajstić information content (AvgIpc) is 2.16. The zero-order chi connectivity index (χ0) is 12.1. The molecule has 2 nitrogen and oxygen atoms in total. The normalized spacial score (nSPS) is 16.8. The van der Waals surface area contributed by atoms with Crippen molar-refractivity contribution >= 4 is 0 Å². The molecule has 0 spiro atoms. The fraction of sp³-hybridized carbons (Fsp3) is 0.538. The first kappa shape index (κ1) is 13.1. The summed E-state index contributed by atoms with van der Waals surface area (Å²) in [6.45, 7) is 5.78. The van der Waals surface area contributed by atoms with Gasteiger partial charge >= 0.3 is 0 Å². The van der Waals surface area contributed by atoms with Gasteiger partial charge in [0.1, 0.15) is 5.82 Å². The molecule has 1 rings (SSSR count). The Labute approximate surface area is 96.5 Å². The minimum atomic E-state index is -0.317. The molecule has 0 fully saturated rings. The van der Waals surface area contributed by atoms with E-state index in [1.807, 2.05) is 19.9 Å². The van der Waals surface area contributed by atoms with E-state index in [1.54, 1.807) is 13.0 Å². The molecular formula is C13H20FNO. The number of benzene rings is 1. The van der Waals surface area contributed by atoms with Crippen molar-refractivity contribution in [2.75, 3.05) is 0 Å². The molecule has 3 unspecified atom stereocenters. The molecule has 0 heterocycles. The molecule has 0 aromatic heterocycles. The second-order valence-corrected chi connectivity index (χ2v) is 4.43. The summed E-state index contributed by atoms with van der Waals surface area (Å²) >= 11 is 0. The molecular weight excluding hydrogens is 205 g/mol. The maximum Gasteiger partial charge on any atom is 0.123 e. The zero-order valence-electron chi connectivity index (χ0n) is 10.1. The average molecular weight is 225 g/mol. The van der Waals surface area contributed by atoms with E-state index < -0.39 is 0 Å². The molecule has 2 N–H and O–H groups in total. The third-order valence-electron chi connectivity index (χ3n) is 2.58. The molecule has 0 saturated carbocycles. The Morgan fingerprint density at radius 2 is 2.00 bits per heavy atom. The molecule has 0 saturated heterocycles. The van der Waals surface area contributed by atoms with Crippen LogP contribution in [0.3, 0.4) is 0 Å². The Hall–Kier alpha value is -0.930.